The van der Waals surface area contributed by atoms with Crippen molar-refractivity contribution < 1.29 is 4.79 Å². The summed E-state index contributed by atoms with van der Waals surface area (Å²) in [5.74, 6) is -0.748. The van der Waals surface area contributed by atoms with Crippen LogP contribution in [0.2, 0.25) is 0 Å². The highest BCUT2D eigenvalue weighted by molar-refractivity contribution is 6.01. The van der Waals surface area contributed by atoms with Crippen molar-refractivity contribution in [2.24, 2.45) is 5.73 Å². The highest BCUT2D eigenvalue weighted by atomic mass is 16.1. The quantitative estimate of drug-likeness (QED) is 0.567. The Labute approximate surface area is 125 Å². The molecule has 22 heavy (non-hydrogen) atoms. The van der Waals surface area contributed by atoms with Gasteiger partial charge in [0.1, 0.15) is 17.3 Å². The number of nitrogens with two attached hydrogens (primary N) is 1. The summed E-state index contributed by atoms with van der Waals surface area (Å²) in [6.45, 7) is 0. The number of aromatic nitrogens is 3. The van der Waals surface area contributed by atoms with Crippen LogP contribution in [-0.4, -0.2) is 21.1 Å². The number of fused-ring (bicyclic) bond motifs is 1. The van der Waals surface area contributed by atoms with Crippen molar-refractivity contribution >= 4 is 22.9 Å². The van der Waals surface area contributed by atoms with E-state index in [9.17, 15) is 4.79 Å². The van der Waals surface area contributed by atoms with Crippen LogP contribution in [-0.2, 0) is 4.79 Å². The number of carbonyl (C=O) groups excluding carboxylic acids is 1. The number of nitrogens with zero attached hydrogens (tertiary/aromatic N) is 3. The van der Waals surface area contributed by atoms with Crippen molar-refractivity contribution in [2.45, 2.75) is 0 Å². The van der Waals surface area contributed by atoms with Crippen LogP contribution in [0.1, 0.15) is 5.56 Å². The second-order valence-electron chi connectivity index (χ2n) is 4.65. The molecule has 0 unspecified atom stereocenters. The third kappa shape index (κ3) is 2.43. The molecule has 3 rings (SSSR count). The number of H-pyrrole nitrogens is 1. The van der Waals surface area contributed by atoms with Gasteiger partial charge in [-0.1, -0.05) is 6.07 Å². The largest absolute Gasteiger partial charge is 0.365 e. The second kappa shape index (κ2) is 5.50. The van der Waals surface area contributed by atoms with Gasteiger partial charge in [0.15, 0.2) is 0 Å². The number of hydrogen-bond donors (Lipinski definition) is 2. The molecule has 1 amide bonds. The van der Waals surface area contributed by atoms with Gasteiger partial charge >= 0.3 is 0 Å². The lowest BCUT2D eigenvalue weighted by atomic mass is 10.1. The van der Waals surface area contributed by atoms with E-state index in [1.165, 1.54) is 6.08 Å². The minimum absolute atomic E-state index is 0.0919. The van der Waals surface area contributed by atoms with Gasteiger partial charge in [0.25, 0.3) is 5.91 Å². The highest BCUT2D eigenvalue weighted by Gasteiger charge is 2.09. The summed E-state index contributed by atoms with van der Waals surface area (Å²) in [5.41, 5.74) is 8.26. The molecule has 0 atom stereocenters. The fourth-order valence-electron chi connectivity index (χ4n) is 2.17. The second-order valence-corrected chi connectivity index (χ2v) is 4.65. The smallest absolute Gasteiger partial charge is 0.259 e. The topological polar surface area (TPSA) is 108 Å². The van der Waals surface area contributed by atoms with E-state index < -0.39 is 5.91 Å². The number of hydrogen-bond acceptors (Lipinski definition) is 4. The molecule has 0 aliphatic heterocycles. The molecule has 0 fully saturated rings. The zero-order valence-corrected chi connectivity index (χ0v) is 11.4. The SMILES string of the molecule is N#CC(=Cc1ccc2[nH]nc(-c3cccnc3)c2c1)C(N)=O. The van der Waals surface area contributed by atoms with Crippen molar-refractivity contribution in [3.05, 3.63) is 53.9 Å². The number of amides is 1. The molecule has 0 aliphatic carbocycles. The fraction of sp³-hybridized carbons (Fsp3) is 0. The van der Waals surface area contributed by atoms with Crippen LogP contribution < -0.4 is 5.73 Å². The monoisotopic (exact) mass is 289 g/mol. The Morgan fingerprint density at radius 1 is 1.36 bits per heavy atom. The lowest BCUT2D eigenvalue weighted by molar-refractivity contribution is -0.114. The number of pyridine rings is 1. The molecule has 0 radical (unpaired) electrons. The van der Waals surface area contributed by atoms with Gasteiger partial charge in [-0.15, -0.1) is 0 Å². The predicted molar refractivity (Wildman–Crippen MR) is 82.1 cm³/mol. The van der Waals surface area contributed by atoms with Crippen molar-refractivity contribution in [3.63, 3.8) is 0 Å². The predicted octanol–water partition coefficient (Wildman–Crippen LogP) is 2.02. The molecule has 0 bridgehead atoms. The number of carbonyl (C=O) groups is 1. The van der Waals surface area contributed by atoms with Crippen LogP contribution in [0, 0.1) is 11.3 Å². The normalized spacial score (nSPS) is 11.3. The van der Waals surface area contributed by atoms with Gasteiger partial charge < -0.3 is 5.73 Å². The molecular formula is C16H11N5O. The maximum Gasteiger partial charge on any atom is 0.259 e. The van der Waals surface area contributed by atoms with Crippen molar-refractivity contribution in [2.75, 3.05) is 0 Å². The van der Waals surface area contributed by atoms with Crippen LogP contribution in [0.15, 0.2) is 48.3 Å². The minimum atomic E-state index is -0.748. The summed E-state index contributed by atoms with van der Waals surface area (Å²) < 4.78 is 0. The van der Waals surface area contributed by atoms with Crippen molar-refractivity contribution in [1.82, 2.24) is 15.2 Å². The lowest BCUT2D eigenvalue weighted by Gasteiger charge is -1.99. The Balaban J connectivity index is 2.14. The van der Waals surface area contributed by atoms with E-state index in [0.29, 0.717) is 5.56 Å². The Hall–Kier alpha value is -3.46. The Morgan fingerprint density at radius 2 is 2.23 bits per heavy atom. The van der Waals surface area contributed by atoms with Crippen LogP contribution >= 0.6 is 0 Å². The molecular weight excluding hydrogens is 278 g/mol. The number of aromatic amines is 1. The number of rotatable bonds is 3. The zero-order chi connectivity index (χ0) is 15.5. The molecule has 6 heteroatoms. The first-order valence-corrected chi connectivity index (χ1v) is 6.49. The molecule has 3 N–H and O–H groups in total. The lowest BCUT2D eigenvalue weighted by Crippen LogP contribution is -2.12. The molecule has 2 heterocycles. The molecule has 0 aliphatic rings. The van der Waals surface area contributed by atoms with Crippen molar-refractivity contribution in [1.29, 1.82) is 5.26 Å². The highest BCUT2D eigenvalue weighted by Crippen LogP contribution is 2.27. The number of nitriles is 1. The molecule has 2 aromatic heterocycles. The van der Waals surface area contributed by atoms with Crippen LogP contribution in [0.3, 0.4) is 0 Å². The van der Waals surface area contributed by atoms with Crippen LogP contribution in [0.4, 0.5) is 0 Å². The number of nitrogens with one attached hydrogen (secondary N) is 1. The molecule has 0 spiro atoms. The first-order chi connectivity index (χ1) is 10.7. The summed E-state index contributed by atoms with van der Waals surface area (Å²) in [7, 11) is 0. The Bertz CT molecular complexity index is 919. The molecule has 6 nitrogen and oxygen atoms in total. The number of benzene rings is 1. The van der Waals surface area contributed by atoms with E-state index in [2.05, 4.69) is 15.2 Å². The average molecular weight is 289 g/mol. The van der Waals surface area contributed by atoms with Crippen LogP contribution in [0.5, 0.6) is 0 Å². The molecule has 0 saturated heterocycles. The molecule has 0 saturated carbocycles. The third-order valence-corrected chi connectivity index (χ3v) is 3.22. The molecule has 3 aromatic rings. The first-order valence-electron chi connectivity index (χ1n) is 6.49. The maximum atomic E-state index is 11.1. The van der Waals surface area contributed by atoms with Gasteiger partial charge in [-0.05, 0) is 35.9 Å². The van der Waals surface area contributed by atoms with E-state index in [1.807, 2.05) is 24.3 Å². The van der Waals surface area contributed by atoms with E-state index >= 15 is 0 Å². The van der Waals surface area contributed by atoms with Gasteiger partial charge in [-0.3, -0.25) is 14.9 Å². The molecule has 106 valence electrons. The van der Waals surface area contributed by atoms with E-state index in [1.54, 1.807) is 24.5 Å². The van der Waals surface area contributed by atoms with E-state index in [-0.39, 0.29) is 5.57 Å². The summed E-state index contributed by atoms with van der Waals surface area (Å²) in [5, 5.41) is 17.0. The zero-order valence-electron chi connectivity index (χ0n) is 11.4. The third-order valence-electron chi connectivity index (χ3n) is 3.22. The first kappa shape index (κ1) is 13.5. The van der Waals surface area contributed by atoms with Gasteiger partial charge in [0.05, 0.1) is 5.52 Å². The fourth-order valence-corrected chi connectivity index (χ4v) is 2.17. The number of primary amides is 1. The van der Waals surface area contributed by atoms with E-state index in [0.717, 1.165) is 22.2 Å². The molecule has 1 aromatic carbocycles. The Kier molecular flexibility index (Phi) is 3.38. The summed E-state index contributed by atoms with van der Waals surface area (Å²) >= 11 is 0. The maximum absolute atomic E-state index is 11.1. The average Bonchev–Trinajstić information content (AvgIpc) is 2.96. The summed E-state index contributed by atoms with van der Waals surface area (Å²) in [6.07, 6.45) is 4.88. The Morgan fingerprint density at radius 3 is 2.91 bits per heavy atom. The van der Waals surface area contributed by atoms with Gasteiger partial charge in [-0.2, -0.15) is 10.4 Å². The van der Waals surface area contributed by atoms with Gasteiger partial charge in [0, 0.05) is 23.3 Å². The minimum Gasteiger partial charge on any atom is -0.365 e. The van der Waals surface area contributed by atoms with E-state index in [4.69, 9.17) is 11.0 Å². The summed E-state index contributed by atoms with van der Waals surface area (Å²) in [6, 6.07) is 11.0. The van der Waals surface area contributed by atoms with Crippen LogP contribution in [0.25, 0.3) is 28.2 Å². The summed E-state index contributed by atoms with van der Waals surface area (Å²) in [4.78, 5) is 15.2. The van der Waals surface area contributed by atoms with Crippen molar-refractivity contribution in [3.8, 4) is 17.3 Å². The van der Waals surface area contributed by atoms with Gasteiger partial charge in [0.2, 0.25) is 0 Å². The standard InChI is InChI=1S/C16H11N5O/c17-8-12(16(18)22)6-10-3-4-14-13(7-10)15(21-20-14)11-2-1-5-19-9-11/h1-7,9H,(H2,18,22)(H,20,21). The van der Waals surface area contributed by atoms with Gasteiger partial charge in [-0.25, -0.2) is 0 Å².